The number of nitrogens with one attached hydrogen (secondary N) is 1. The third-order valence-corrected chi connectivity index (χ3v) is 4.37. The quantitative estimate of drug-likeness (QED) is 0.431. The minimum atomic E-state index is -0.880. The van der Waals surface area contributed by atoms with Crippen LogP contribution in [0.2, 0.25) is 10.0 Å². The molecule has 0 saturated carbocycles. The van der Waals surface area contributed by atoms with Crippen molar-refractivity contribution in [1.82, 2.24) is 10.2 Å². The highest BCUT2D eigenvalue weighted by molar-refractivity contribution is 6.36. The number of amides is 1. The van der Waals surface area contributed by atoms with Gasteiger partial charge in [0.2, 0.25) is 5.82 Å². The molecule has 8 nitrogen and oxygen atoms in total. The maximum atomic E-state index is 13.9. The molecule has 1 aromatic heterocycles. The van der Waals surface area contributed by atoms with Crippen molar-refractivity contribution in [3.63, 3.8) is 0 Å². The highest BCUT2D eigenvalue weighted by Gasteiger charge is 2.24. The Labute approximate surface area is 189 Å². The van der Waals surface area contributed by atoms with E-state index in [1.807, 2.05) is 0 Å². The summed E-state index contributed by atoms with van der Waals surface area (Å²) in [5.74, 6) is -1.59. The van der Waals surface area contributed by atoms with Crippen molar-refractivity contribution in [1.29, 1.82) is 0 Å². The molecule has 2 rings (SSSR count). The lowest BCUT2D eigenvalue weighted by Crippen LogP contribution is -2.28. The normalized spacial score (nSPS) is 12.1. The topological polar surface area (TPSA) is 99.6 Å². The van der Waals surface area contributed by atoms with Crippen LogP contribution < -0.4 is 10.1 Å². The number of carbonyl (C=O) groups excluding carboxylic acids is 2. The van der Waals surface area contributed by atoms with Crippen LogP contribution in [0.15, 0.2) is 18.2 Å². The summed E-state index contributed by atoms with van der Waals surface area (Å²) in [6.07, 6.45) is -1.70. The van der Waals surface area contributed by atoms with Gasteiger partial charge in [-0.05, 0) is 46.8 Å². The number of aromatic nitrogens is 2. The molecule has 1 heterocycles. The maximum absolute atomic E-state index is 13.9. The fourth-order valence-corrected chi connectivity index (χ4v) is 3.10. The van der Waals surface area contributed by atoms with E-state index in [4.69, 9.17) is 37.4 Å². The Kier molecular flexibility index (Phi) is 8.02. The van der Waals surface area contributed by atoms with Crippen LogP contribution in [-0.4, -0.2) is 34.5 Å². The van der Waals surface area contributed by atoms with E-state index >= 15 is 0 Å². The Bertz CT molecular complexity index is 982. The molecule has 0 unspecified atom stereocenters. The van der Waals surface area contributed by atoms with Crippen LogP contribution in [-0.2, 0) is 9.47 Å². The van der Waals surface area contributed by atoms with E-state index in [2.05, 4.69) is 15.5 Å². The lowest BCUT2D eigenvalue weighted by atomic mass is 10.1. The summed E-state index contributed by atoms with van der Waals surface area (Å²) < 4.78 is 29.9. The molecule has 0 bridgehead atoms. The van der Waals surface area contributed by atoms with Crippen molar-refractivity contribution in [2.45, 2.75) is 46.3 Å². The van der Waals surface area contributed by atoms with Crippen molar-refractivity contribution in [2.75, 3.05) is 11.9 Å². The Hall–Kier alpha value is -2.65. The van der Waals surface area contributed by atoms with E-state index in [0.29, 0.717) is 0 Å². The molecule has 0 fully saturated rings. The molecule has 0 radical (unpaired) electrons. The van der Waals surface area contributed by atoms with Crippen LogP contribution >= 0.6 is 23.2 Å². The van der Waals surface area contributed by atoms with E-state index in [9.17, 15) is 14.0 Å². The number of carbonyl (C=O) groups is 2. The minimum Gasteiger partial charge on any atom is -0.482 e. The van der Waals surface area contributed by atoms with E-state index in [1.54, 1.807) is 34.6 Å². The summed E-state index contributed by atoms with van der Waals surface area (Å²) in [4.78, 5) is 24.2. The van der Waals surface area contributed by atoms with Crippen LogP contribution in [0.3, 0.4) is 0 Å². The molecule has 0 saturated heterocycles. The minimum absolute atomic E-state index is 0.0483. The predicted octanol–water partition coefficient (Wildman–Crippen LogP) is 5.59. The first-order valence-electron chi connectivity index (χ1n) is 9.27. The van der Waals surface area contributed by atoms with Gasteiger partial charge in [0.05, 0.1) is 11.6 Å². The molecule has 168 valence electrons. The molecule has 2 aromatic rings. The molecule has 31 heavy (non-hydrogen) atoms. The average molecular weight is 474 g/mol. The summed E-state index contributed by atoms with van der Waals surface area (Å²) in [7, 11) is 0. The lowest BCUT2D eigenvalue weighted by molar-refractivity contribution is 0.0517. The smallest absolute Gasteiger partial charge is 0.413 e. The van der Waals surface area contributed by atoms with Crippen molar-refractivity contribution in [3.8, 4) is 5.75 Å². The summed E-state index contributed by atoms with van der Waals surface area (Å²) in [6, 6.07) is 3.70. The fraction of sp³-hybridized carbons (Fsp3) is 0.400. The number of esters is 1. The zero-order valence-electron chi connectivity index (χ0n) is 17.6. The van der Waals surface area contributed by atoms with Crippen LogP contribution in [0.25, 0.3) is 0 Å². The zero-order chi connectivity index (χ0) is 23.3. The van der Waals surface area contributed by atoms with Gasteiger partial charge in [0, 0.05) is 16.7 Å². The molecular weight excluding hydrogens is 452 g/mol. The SMILES string of the molecule is CCOC(=O)c1cc(O[C@H](C)c2c(Cl)ccc(F)c2Cl)c(NC(=O)OC(C)(C)C)nn1. The van der Waals surface area contributed by atoms with E-state index in [-0.39, 0.29) is 39.5 Å². The second-order valence-electron chi connectivity index (χ2n) is 7.31. The van der Waals surface area contributed by atoms with Crippen molar-refractivity contribution < 1.29 is 28.2 Å². The summed E-state index contributed by atoms with van der Waals surface area (Å²) in [5.41, 5.74) is -0.740. The number of rotatable bonds is 6. The molecular formula is C20H22Cl2FN3O5. The lowest BCUT2D eigenvalue weighted by Gasteiger charge is -2.22. The monoisotopic (exact) mass is 473 g/mol. The molecule has 0 aliphatic carbocycles. The zero-order valence-corrected chi connectivity index (χ0v) is 19.1. The van der Waals surface area contributed by atoms with Crippen LogP contribution in [0, 0.1) is 5.82 Å². The first-order chi connectivity index (χ1) is 14.4. The summed E-state index contributed by atoms with van der Waals surface area (Å²) >= 11 is 12.2. The van der Waals surface area contributed by atoms with E-state index in [0.717, 1.165) is 6.07 Å². The Morgan fingerprint density at radius 3 is 2.52 bits per heavy atom. The van der Waals surface area contributed by atoms with E-state index < -0.39 is 29.6 Å². The molecule has 1 N–H and O–H groups in total. The molecule has 11 heteroatoms. The number of benzene rings is 1. The van der Waals surface area contributed by atoms with Crippen molar-refractivity contribution in [2.24, 2.45) is 0 Å². The van der Waals surface area contributed by atoms with Gasteiger partial charge in [-0.2, -0.15) is 0 Å². The number of ether oxygens (including phenoxy) is 3. The van der Waals surface area contributed by atoms with E-state index in [1.165, 1.54) is 12.1 Å². The van der Waals surface area contributed by atoms with Gasteiger partial charge >= 0.3 is 12.1 Å². The van der Waals surface area contributed by atoms with Crippen LogP contribution in [0.5, 0.6) is 5.75 Å². The number of hydrogen-bond donors (Lipinski definition) is 1. The summed E-state index contributed by atoms with van der Waals surface area (Å²) in [6.45, 7) is 8.39. The highest BCUT2D eigenvalue weighted by atomic mass is 35.5. The third kappa shape index (κ3) is 6.67. The number of halogens is 3. The van der Waals surface area contributed by atoms with Gasteiger partial charge in [-0.1, -0.05) is 23.2 Å². The Balaban J connectivity index is 2.41. The number of nitrogens with zero attached hydrogens (tertiary/aromatic N) is 2. The van der Waals surface area contributed by atoms with Gasteiger partial charge in [-0.15, -0.1) is 10.2 Å². The second kappa shape index (κ2) is 10.1. The van der Waals surface area contributed by atoms with Gasteiger partial charge in [0.25, 0.3) is 0 Å². The third-order valence-electron chi connectivity index (χ3n) is 3.65. The van der Waals surface area contributed by atoms with Crippen molar-refractivity contribution in [3.05, 3.63) is 45.3 Å². The highest BCUT2D eigenvalue weighted by Crippen LogP contribution is 2.36. The Morgan fingerprint density at radius 2 is 1.90 bits per heavy atom. The molecule has 1 atom stereocenters. The van der Waals surface area contributed by atoms with Gasteiger partial charge < -0.3 is 14.2 Å². The Morgan fingerprint density at radius 1 is 1.23 bits per heavy atom. The predicted molar refractivity (Wildman–Crippen MR) is 113 cm³/mol. The first-order valence-corrected chi connectivity index (χ1v) is 10.0. The number of anilines is 1. The second-order valence-corrected chi connectivity index (χ2v) is 8.09. The largest absolute Gasteiger partial charge is 0.482 e. The van der Waals surface area contributed by atoms with Crippen LogP contribution in [0.4, 0.5) is 15.0 Å². The van der Waals surface area contributed by atoms with Gasteiger partial charge in [0.15, 0.2) is 11.4 Å². The first kappa shape index (κ1) is 24.6. The standard InChI is InChI=1S/C20H22Cl2FN3O5/c1-6-29-18(27)13-9-14(17(26-25-13)24-19(28)31-20(3,4)5)30-10(2)15-11(21)7-8-12(23)16(15)22/h7-10H,6H2,1-5H3,(H,24,26,28)/t10-/m1/s1. The fourth-order valence-electron chi connectivity index (χ4n) is 2.42. The van der Waals surface area contributed by atoms with Crippen LogP contribution in [0.1, 0.15) is 56.8 Å². The molecule has 0 aliphatic rings. The molecule has 1 aromatic carbocycles. The van der Waals surface area contributed by atoms with Crippen molar-refractivity contribution >= 4 is 41.1 Å². The molecule has 1 amide bonds. The average Bonchev–Trinajstić information content (AvgIpc) is 2.65. The molecule has 0 spiro atoms. The summed E-state index contributed by atoms with van der Waals surface area (Å²) in [5, 5.41) is 9.95. The van der Waals surface area contributed by atoms with Gasteiger partial charge in [-0.3, -0.25) is 5.32 Å². The maximum Gasteiger partial charge on any atom is 0.413 e. The van der Waals surface area contributed by atoms with Gasteiger partial charge in [-0.25, -0.2) is 14.0 Å². The molecule has 0 aliphatic heterocycles. The number of hydrogen-bond acceptors (Lipinski definition) is 7. The van der Waals surface area contributed by atoms with Gasteiger partial charge in [0.1, 0.15) is 17.5 Å².